The van der Waals surface area contributed by atoms with Crippen LogP contribution in [-0.2, 0) is 5.41 Å². The monoisotopic (exact) mass is 852 g/mol. The van der Waals surface area contributed by atoms with Crippen LogP contribution in [0, 0.1) is 6.92 Å². The molecule has 0 unspecified atom stereocenters. The van der Waals surface area contributed by atoms with Gasteiger partial charge in [-0.05, 0) is 114 Å². The molecule has 0 saturated heterocycles. The molecule has 1 spiro atoms. The smallest absolute Gasteiger partial charge is 0.116 e. The summed E-state index contributed by atoms with van der Waals surface area (Å²) in [6.45, 7) is 2.25. The zero-order valence-corrected chi connectivity index (χ0v) is 36.7. The van der Waals surface area contributed by atoms with Gasteiger partial charge in [-0.25, -0.2) is 9.97 Å². The average molecular weight is 853 g/mol. The van der Waals surface area contributed by atoms with E-state index in [1.165, 1.54) is 98.1 Å². The molecule has 0 amide bonds. The highest BCUT2D eigenvalue weighted by molar-refractivity contribution is 8.00. The molecule has 64 heavy (non-hydrogen) atoms. The summed E-state index contributed by atoms with van der Waals surface area (Å²) >= 11 is 3.63. The van der Waals surface area contributed by atoms with Crippen LogP contribution >= 0.6 is 23.5 Å². The van der Waals surface area contributed by atoms with E-state index in [4.69, 9.17) is 4.98 Å². The lowest BCUT2D eigenvalue weighted by Crippen LogP contribution is -2.37. The van der Waals surface area contributed by atoms with Gasteiger partial charge in [0, 0.05) is 26.4 Å². The van der Waals surface area contributed by atoms with Crippen LogP contribution in [0.15, 0.2) is 245 Å². The van der Waals surface area contributed by atoms with Crippen LogP contribution in [0.1, 0.15) is 27.8 Å². The van der Waals surface area contributed by atoms with Gasteiger partial charge in [0.2, 0.25) is 0 Å². The third kappa shape index (κ3) is 6.12. The fraction of sp³-hybridized carbons (Fsp3) is 0.0333. The predicted octanol–water partition coefficient (Wildman–Crippen LogP) is 16.1. The van der Waals surface area contributed by atoms with Crippen molar-refractivity contribution in [2.75, 3.05) is 0 Å². The Labute approximate surface area is 382 Å². The molecule has 302 valence electrons. The van der Waals surface area contributed by atoms with Gasteiger partial charge in [0.25, 0.3) is 0 Å². The van der Waals surface area contributed by atoms with Crippen LogP contribution in [0.4, 0.5) is 0 Å². The largest absolute Gasteiger partial charge is 0.244 e. The van der Waals surface area contributed by atoms with Crippen molar-refractivity contribution in [1.82, 2.24) is 9.97 Å². The zero-order chi connectivity index (χ0) is 42.6. The fourth-order valence-electron chi connectivity index (χ4n) is 10.2. The molecule has 2 aliphatic heterocycles. The van der Waals surface area contributed by atoms with Crippen LogP contribution in [0.2, 0.25) is 0 Å². The fourth-order valence-corrected chi connectivity index (χ4v) is 12.7. The van der Waals surface area contributed by atoms with E-state index in [2.05, 4.69) is 230 Å². The van der Waals surface area contributed by atoms with E-state index in [-0.39, 0.29) is 0 Å². The summed E-state index contributed by atoms with van der Waals surface area (Å²) in [6, 6.07) is 77.9. The molecule has 1 aromatic heterocycles. The molecule has 2 nitrogen and oxygen atoms in total. The third-order valence-corrected chi connectivity index (χ3v) is 15.2. The van der Waals surface area contributed by atoms with Gasteiger partial charge in [-0.2, -0.15) is 0 Å². The van der Waals surface area contributed by atoms with Crippen molar-refractivity contribution in [2.45, 2.75) is 32.1 Å². The van der Waals surface area contributed by atoms with Crippen molar-refractivity contribution >= 4 is 23.5 Å². The maximum absolute atomic E-state index is 5.02. The molecule has 0 fully saturated rings. The Hall–Kier alpha value is -7.24. The highest BCUT2D eigenvalue weighted by atomic mass is 32.2. The summed E-state index contributed by atoms with van der Waals surface area (Å²) in [5, 5.41) is 0.995. The van der Waals surface area contributed by atoms with Gasteiger partial charge in [-0.15, -0.1) is 0 Å². The molecular weight excluding hydrogens is 813 g/mol. The second-order valence-corrected chi connectivity index (χ2v) is 18.5. The molecule has 0 radical (unpaired) electrons. The van der Waals surface area contributed by atoms with Gasteiger partial charge >= 0.3 is 0 Å². The molecule has 0 aliphatic carbocycles. The minimum Gasteiger partial charge on any atom is -0.244 e. The van der Waals surface area contributed by atoms with E-state index >= 15 is 0 Å². The number of hydrogen-bond donors (Lipinski definition) is 0. The Morgan fingerprint density at radius 3 is 1.38 bits per heavy atom. The number of fused-ring (bicyclic) bond motifs is 8. The van der Waals surface area contributed by atoms with Crippen LogP contribution in [0.25, 0.3) is 66.8 Å². The van der Waals surface area contributed by atoms with Gasteiger partial charge in [-0.3, -0.25) is 0 Å². The lowest BCUT2D eigenvalue weighted by Gasteiger charge is -2.45. The summed E-state index contributed by atoms with van der Waals surface area (Å²) in [7, 11) is 0. The number of aromatic nitrogens is 2. The zero-order valence-electron chi connectivity index (χ0n) is 35.1. The molecule has 0 bridgehead atoms. The first-order valence-corrected chi connectivity index (χ1v) is 23.3. The maximum Gasteiger partial charge on any atom is 0.116 e. The minimum atomic E-state index is -0.582. The number of hydrogen-bond acceptors (Lipinski definition) is 4. The van der Waals surface area contributed by atoms with Crippen LogP contribution in [0.5, 0.6) is 0 Å². The first-order chi connectivity index (χ1) is 31.7. The Morgan fingerprint density at radius 1 is 0.375 bits per heavy atom. The van der Waals surface area contributed by atoms with Crippen molar-refractivity contribution in [3.05, 3.63) is 253 Å². The van der Waals surface area contributed by atoms with E-state index < -0.39 is 5.41 Å². The third-order valence-electron chi connectivity index (χ3n) is 12.9. The lowest BCUT2D eigenvalue weighted by molar-refractivity contribution is 0.650. The molecule has 12 rings (SSSR count). The maximum atomic E-state index is 5.02. The molecule has 0 N–H and O–H groups in total. The van der Waals surface area contributed by atoms with Gasteiger partial charge in [0.1, 0.15) is 11.4 Å². The number of aryl methyl sites for hydroxylation is 1. The molecule has 10 aromatic rings. The molecule has 3 heterocycles. The topological polar surface area (TPSA) is 25.8 Å². The summed E-state index contributed by atoms with van der Waals surface area (Å²) in [5.74, 6) is 0. The highest BCUT2D eigenvalue weighted by Gasteiger charge is 2.50. The normalized spacial score (nSPS) is 13.1. The quantitative estimate of drug-likeness (QED) is 0.156. The minimum absolute atomic E-state index is 0.582. The van der Waals surface area contributed by atoms with E-state index in [1.54, 1.807) is 18.1 Å². The molecule has 9 aromatic carbocycles. The summed E-state index contributed by atoms with van der Waals surface area (Å²) in [4.78, 5) is 13.5. The number of benzene rings is 9. The molecular formula is C60H40N2S2. The summed E-state index contributed by atoms with van der Waals surface area (Å²) < 4.78 is 0. The lowest BCUT2D eigenvalue weighted by atomic mass is 9.64. The molecule has 2 aliphatic rings. The van der Waals surface area contributed by atoms with Crippen molar-refractivity contribution in [3.8, 4) is 66.8 Å². The standard InChI is InChI=1S/C60H40N2S2/c1-39-30-35-50-58(64-59-51(37-61-38-62-59)60(50)48-26-14-16-28-52(48)63-53-29-17-15-27-49(53)60)54(39)44-31-33-45(34-32-44)56-47(41-20-8-3-9-21-41)36-46(40-18-6-2-7-19-40)55(42-22-10-4-11-23-42)57(56)43-24-12-5-13-25-43/h2-38H,1H3. The van der Waals surface area contributed by atoms with Crippen LogP contribution in [0.3, 0.4) is 0 Å². The van der Waals surface area contributed by atoms with Crippen LogP contribution in [-0.4, -0.2) is 9.97 Å². The van der Waals surface area contributed by atoms with Gasteiger partial charge in [0.05, 0.1) is 5.41 Å². The SMILES string of the molecule is Cc1ccc2c(c1-c1ccc(-c3c(-c4ccccc4)cc(-c4ccccc4)c(-c4ccccc4)c3-c3ccccc3)cc1)Sc1ncncc1C21c2ccccc2Sc2ccccc21. The van der Waals surface area contributed by atoms with Crippen LogP contribution < -0.4 is 0 Å². The van der Waals surface area contributed by atoms with Crippen molar-refractivity contribution in [3.63, 3.8) is 0 Å². The molecule has 0 atom stereocenters. The van der Waals surface area contributed by atoms with E-state index in [0.717, 1.165) is 16.2 Å². The second kappa shape index (κ2) is 15.8. The Morgan fingerprint density at radius 2 is 0.828 bits per heavy atom. The molecule has 4 heteroatoms. The van der Waals surface area contributed by atoms with Crippen molar-refractivity contribution in [1.29, 1.82) is 0 Å². The van der Waals surface area contributed by atoms with Crippen molar-refractivity contribution in [2.24, 2.45) is 0 Å². The first-order valence-electron chi connectivity index (χ1n) is 21.7. The van der Waals surface area contributed by atoms with Gasteiger partial charge in [0.15, 0.2) is 0 Å². The van der Waals surface area contributed by atoms with Gasteiger partial charge in [-0.1, -0.05) is 218 Å². The Balaban J connectivity index is 1.11. The first kappa shape index (κ1) is 38.4. The van der Waals surface area contributed by atoms with Gasteiger partial charge < -0.3 is 0 Å². The summed E-state index contributed by atoms with van der Waals surface area (Å²) in [6.07, 6.45) is 3.75. The Bertz CT molecular complexity index is 3300. The van der Waals surface area contributed by atoms with E-state index in [9.17, 15) is 0 Å². The highest BCUT2D eigenvalue weighted by Crippen LogP contribution is 2.62. The molecule has 0 saturated carbocycles. The second-order valence-electron chi connectivity index (χ2n) is 16.5. The predicted molar refractivity (Wildman–Crippen MR) is 266 cm³/mol. The van der Waals surface area contributed by atoms with E-state index in [0.29, 0.717) is 0 Å². The number of nitrogens with zero attached hydrogens (tertiary/aromatic N) is 2. The van der Waals surface area contributed by atoms with Crippen molar-refractivity contribution < 1.29 is 0 Å². The summed E-state index contributed by atoms with van der Waals surface area (Å²) in [5.41, 5.74) is 19.9. The Kier molecular flexibility index (Phi) is 9.51. The number of rotatable bonds is 6. The van der Waals surface area contributed by atoms with E-state index in [1.807, 2.05) is 11.8 Å². The average Bonchev–Trinajstić information content (AvgIpc) is 3.37.